The van der Waals surface area contributed by atoms with Crippen molar-refractivity contribution in [2.24, 2.45) is 11.3 Å². The highest BCUT2D eigenvalue weighted by Gasteiger charge is 2.57. The maximum absolute atomic E-state index is 12.6. The van der Waals surface area contributed by atoms with E-state index in [2.05, 4.69) is 22.6 Å². The molecule has 1 aromatic carbocycles. The third kappa shape index (κ3) is 3.48. The van der Waals surface area contributed by atoms with Gasteiger partial charge in [-0.2, -0.15) is 0 Å². The van der Waals surface area contributed by atoms with Crippen LogP contribution in [0.3, 0.4) is 0 Å². The van der Waals surface area contributed by atoms with Crippen LogP contribution >= 0.6 is 0 Å². The topological polar surface area (TPSA) is 64.7 Å². The minimum atomic E-state index is 0.0758. The van der Waals surface area contributed by atoms with Gasteiger partial charge in [-0.1, -0.05) is 0 Å². The van der Waals surface area contributed by atoms with E-state index in [-0.39, 0.29) is 23.1 Å². The summed E-state index contributed by atoms with van der Waals surface area (Å²) >= 11 is 0. The Morgan fingerprint density at radius 2 is 1.73 bits per heavy atom. The highest BCUT2D eigenvalue weighted by atomic mass is 16.2. The maximum Gasteiger partial charge on any atom is 0.253 e. The standard InChI is InChI=1S/C20H28N4O2/c1-23-10-12-24(13-11-23)19(26)15-2-4-16(5-3-15)22-18(25)17-14-20(17)6-8-21-9-7-20/h2-5,17,21H,6-14H2,1H3,(H,22,25). The number of carbonyl (C=O) groups excluding carboxylic acids is 2. The Morgan fingerprint density at radius 1 is 1.08 bits per heavy atom. The molecule has 1 aromatic rings. The van der Waals surface area contributed by atoms with Crippen molar-refractivity contribution >= 4 is 17.5 Å². The third-order valence-electron chi connectivity index (χ3n) is 6.30. The van der Waals surface area contributed by atoms with E-state index in [1.54, 1.807) is 0 Å². The van der Waals surface area contributed by atoms with Gasteiger partial charge >= 0.3 is 0 Å². The molecule has 3 aliphatic rings. The SMILES string of the molecule is CN1CCN(C(=O)c2ccc(NC(=O)C3CC34CCNCC4)cc2)CC1. The molecule has 2 N–H and O–H groups in total. The zero-order valence-electron chi connectivity index (χ0n) is 15.5. The van der Waals surface area contributed by atoms with Gasteiger partial charge < -0.3 is 20.4 Å². The summed E-state index contributed by atoms with van der Waals surface area (Å²) in [5, 5.41) is 6.40. The molecular weight excluding hydrogens is 328 g/mol. The second-order valence-electron chi connectivity index (χ2n) is 8.03. The third-order valence-corrected chi connectivity index (χ3v) is 6.30. The Kier molecular flexibility index (Phi) is 4.71. The van der Waals surface area contributed by atoms with Gasteiger partial charge in [0.05, 0.1) is 0 Å². The molecule has 3 fully saturated rings. The first-order valence-corrected chi connectivity index (χ1v) is 9.67. The molecule has 1 atom stereocenters. The molecule has 0 radical (unpaired) electrons. The summed E-state index contributed by atoms with van der Waals surface area (Å²) in [5.74, 6) is 0.355. The van der Waals surface area contributed by atoms with E-state index in [0.717, 1.165) is 64.2 Å². The van der Waals surface area contributed by atoms with Crippen molar-refractivity contribution in [2.45, 2.75) is 19.3 Å². The Morgan fingerprint density at radius 3 is 2.38 bits per heavy atom. The summed E-state index contributed by atoms with van der Waals surface area (Å²) in [6, 6.07) is 7.34. The predicted molar refractivity (Wildman–Crippen MR) is 101 cm³/mol. The lowest BCUT2D eigenvalue weighted by Crippen LogP contribution is -2.47. The smallest absolute Gasteiger partial charge is 0.253 e. The first kappa shape index (κ1) is 17.5. The lowest BCUT2D eigenvalue weighted by Gasteiger charge is -2.32. The number of rotatable bonds is 3. The maximum atomic E-state index is 12.6. The van der Waals surface area contributed by atoms with Crippen molar-refractivity contribution in [3.8, 4) is 0 Å². The zero-order valence-corrected chi connectivity index (χ0v) is 15.5. The van der Waals surface area contributed by atoms with Crippen LogP contribution in [0.15, 0.2) is 24.3 Å². The van der Waals surface area contributed by atoms with Crippen LogP contribution in [0.4, 0.5) is 5.69 Å². The van der Waals surface area contributed by atoms with Crippen LogP contribution < -0.4 is 10.6 Å². The van der Waals surface area contributed by atoms with Crippen molar-refractivity contribution in [1.29, 1.82) is 0 Å². The van der Waals surface area contributed by atoms with Crippen molar-refractivity contribution in [1.82, 2.24) is 15.1 Å². The number of piperazine rings is 1. The van der Waals surface area contributed by atoms with Gasteiger partial charge in [0.15, 0.2) is 0 Å². The Balaban J connectivity index is 1.33. The first-order valence-electron chi connectivity index (χ1n) is 9.67. The molecule has 26 heavy (non-hydrogen) atoms. The van der Waals surface area contributed by atoms with Crippen LogP contribution in [0.5, 0.6) is 0 Å². The molecule has 6 heteroatoms. The molecule has 0 bridgehead atoms. The number of piperidine rings is 1. The number of hydrogen-bond donors (Lipinski definition) is 2. The van der Waals surface area contributed by atoms with E-state index < -0.39 is 0 Å². The fourth-order valence-electron chi connectivity index (χ4n) is 4.31. The molecule has 0 aromatic heterocycles. The normalized spacial score (nSPS) is 25.1. The fourth-order valence-corrected chi connectivity index (χ4v) is 4.31. The molecule has 1 aliphatic carbocycles. The molecule has 2 saturated heterocycles. The van der Waals surface area contributed by atoms with Gasteiger partial charge in [-0.15, -0.1) is 0 Å². The Labute approximate surface area is 154 Å². The monoisotopic (exact) mass is 356 g/mol. The Hall–Kier alpha value is -1.92. The minimum absolute atomic E-state index is 0.0758. The number of likely N-dealkylation sites (N-methyl/N-ethyl adjacent to an activating group) is 1. The highest BCUT2D eigenvalue weighted by Crippen LogP contribution is 2.58. The molecule has 2 aliphatic heterocycles. The molecule has 2 amide bonds. The average Bonchev–Trinajstić information content (AvgIpc) is 3.36. The zero-order chi connectivity index (χ0) is 18.1. The molecule has 4 rings (SSSR count). The van der Waals surface area contributed by atoms with E-state index >= 15 is 0 Å². The van der Waals surface area contributed by atoms with Gasteiger partial charge in [0.1, 0.15) is 0 Å². The minimum Gasteiger partial charge on any atom is -0.336 e. The van der Waals surface area contributed by atoms with Gasteiger partial charge in [0.2, 0.25) is 5.91 Å². The molecule has 1 spiro atoms. The van der Waals surface area contributed by atoms with E-state index in [4.69, 9.17) is 0 Å². The van der Waals surface area contributed by atoms with Gasteiger partial charge in [-0.3, -0.25) is 9.59 Å². The van der Waals surface area contributed by atoms with Gasteiger partial charge in [0.25, 0.3) is 5.91 Å². The fraction of sp³-hybridized carbons (Fsp3) is 0.600. The van der Waals surface area contributed by atoms with E-state index in [9.17, 15) is 9.59 Å². The van der Waals surface area contributed by atoms with Gasteiger partial charge in [0, 0.05) is 43.3 Å². The van der Waals surface area contributed by atoms with E-state index in [1.165, 1.54) is 0 Å². The van der Waals surface area contributed by atoms with Crippen molar-refractivity contribution in [3.05, 3.63) is 29.8 Å². The van der Waals surface area contributed by atoms with Crippen LogP contribution in [0.1, 0.15) is 29.6 Å². The lowest BCUT2D eigenvalue weighted by molar-refractivity contribution is -0.118. The van der Waals surface area contributed by atoms with E-state index in [0.29, 0.717) is 5.56 Å². The lowest BCUT2D eigenvalue weighted by atomic mass is 9.92. The Bertz CT molecular complexity index is 674. The van der Waals surface area contributed by atoms with Crippen molar-refractivity contribution in [3.63, 3.8) is 0 Å². The highest BCUT2D eigenvalue weighted by molar-refractivity contribution is 5.97. The summed E-state index contributed by atoms with van der Waals surface area (Å²) in [7, 11) is 2.08. The largest absolute Gasteiger partial charge is 0.336 e. The molecule has 2 heterocycles. The average molecular weight is 356 g/mol. The number of nitrogens with one attached hydrogen (secondary N) is 2. The van der Waals surface area contributed by atoms with Gasteiger partial charge in [-0.05, 0) is 69.1 Å². The molecule has 1 unspecified atom stereocenters. The van der Waals surface area contributed by atoms with Crippen molar-refractivity contribution < 1.29 is 9.59 Å². The number of benzene rings is 1. The molecule has 140 valence electrons. The predicted octanol–water partition coefficient (Wildman–Crippen LogP) is 1.40. The first-order chi connectivity index (χ1) is 12.6. The van der Waals surface area contributed by atoms with Gasteiger partial charge in [-0.25, -0.2) is 0 Å². The quantitative estimate of drug-likeness (QED) is 0.859. The second kappa shape index (κ2) is 7.00. The van der Waals surface area contributed by atoms with Crippen LogP contribution in [0, 0.1) is 11.3 Å². The van der Waals surface area contributed by atoms with E-state index in [1.807, 2.05) is 29.2 Å². The number of anilines is 1. The number of hydrogen-bond acceptors (Lipinski definition) is 4. The summed E-state index contributed by atoms with van der Waals surface area (Å²) in [6.45, 7) is 5.41. The summed E-state index contributed by atoms with van der Waals surface area (Å²) in [4.78, 5) is 29.2. The van der Waals surface area contributed by atoms with Crippen LogP contribution in [0.2, 0.25) is 0 Å². The molecular formula is C20H28N4O2. The summed E-state index contributed by atoms with van der Waals surface area (Å²) in [5.41, 5.74) is 1.71. The number of amides is 2. The van der Waals surface area contributed by atoms with Crippen molar-refractivity contribution in [2.75, 3.05) is 51.6 Å². The summed E-state index contributed by atoms with van der Waals surface area (Å²) in [6.07, 6.45) is 3.22. The van der Waals surface area contributed by atoms with Crippen LogP contribution in [0.25, 0.3) is 0 Å². The van der Waals surface area contributed by atoms with Crippen LogP contribution in [-0.2, 0) is 4.79 Å². The second-order valence-corrected chi connectivity index (χ2v) is 8.03. The summed E-state index contributed by atoms with van der Waals surface area (Å²) < 4.78 is 0. The molecule has 1 saturated carbocycles. The number of nitrogens with zero attached hydrogens (tertiary/aromatic N) is 2. The van der Waals surface area contributed by atoms with Crippen LogP contribution in [-0.4, -0.2) is 67.9 Å². The number of carbonyl (C=O) groups is 2. The molecule has 6 nitrogen and oxygen atoms in total.